The lowest BCUT2D eigenvalue weighted by molar-refractivity contribution is 0.203. The highest BCUT2D eigenvalue weighted by molar-refractivity contribution is 5.46. The third-order valence-corrected chi connectivity index (χ3v) is 2.56. The Labute approximate surface area is 102 Å². The summed E-state index contributed by atoms with van der Waals surface area (Å²) in [5, 5.41) is 9.33. The summed E-state index contributed by atoms with van der Waals surface area (Å²) in [7, 11) is 1.68. The zero-order chi connectivity index (χ0) is 12.8. The molecule has 0 aliphatic rings. The normalized spacial score (nSPS) is 10.9. The van der Waals surface area contributed by atoms with Crippen molar-refractivity contribution < 1.29 is 9.84 Å². The molecule has 1 aromatic rings. The van der Waals surface area contributed by atoms with Crippen LogP contribution in [-0.2, 0) is 11.3 Å². The molecule has 0 fully saturated rings. The molecule has 0 atom stereocenters. The van der Waals surface area contributed by atoms with Gasteiger partial charge in [0.15, 0.2) is 0 Å². The number of hydrogen-bond donors (Lipinski definition) is 1. The summed E-state index contributed by atoms with van der Waals surface area (Å²) in [5.74, 6) is 1.51. The molecule has 1 heterocycles. The number of anilines is 1. The molecule has 0 spiro atoms. The molecule has 0 amide bonds. The zero-order valence-corrected chi connectivity index (χ0v) is 11.0. The minimum atomic E-state index is -0.0498. The van der Waals surface area contributed by atoms with Gasteiger partial charge in [-0.3, -0.25) is 0 Å². The van der Waals surface area contributed by atoms with Crippen LogP contribution in [-0.4, -0.2) is 41.4 Å². The van der Waals surface area contributed by atoms with Gasteiger partial charge < -0.3 is 14.7 Å². The third-order valence-electron chi connectivity index (χ3n) is 2.56. The second kappa shape index (κ2) is 6.51. The molecule has 5 heteroatoms. The quantitative estimate of drug-likeness (QED) is 0.806. The molecule has 0 aromatic carbocycles. The lowest BCUT2D eigenvalue weighted by Gasteiger charge is -2.29. The van der Waals surface area contributed by atoms with Crippen LogP contribution in [0.3, 0.4) is 0 Å². The van der Waals surface area contributed by atoms with Gasteiger partial charge in [-0.25, -0.2) is 9.97 Å². The molecule has 96 valence electrons. The monoisotopic (exact) mass is 239 g/mol. The van der Waals surface area contributed by atoms with Crippen molar-refractivity contribution in [3.05, 3.63) is 17.6 Å². The number of ether oxygens (including phenoxy) is 1. The van der Waals surface area contributed by atoms with Gasteiger partial charge >= 0.3 is 0 Å². The van der Waals surface area contributed by atoms with Crippen LogP contribution in [0.2, 0.25) is 0 Å². The average molecular weight is 239 g/mol. The van der Waals surface area contributed by atoms with Crippen LogP contribution in [0.25, 0.3) is 0 Å². The Morgan fingerprint density at radius 3 is 2.71 bits per heavy atom. The SMILES string of the molecule is COCCN(c1nc(C)ncc1CO)C(C)C. The molecular formula is C12H21N3O2. The fourth-order valence-corrected chi connectivity index (χ4v) is 1.64. The van der Waals surface area contributed by atoms with Gasteiger partial charge in [0.05, 0.1) is 13.2 Å². The van der Waals surface area contributed by atoms with Crippen molar-refractivity contribution >= 4 is 5.82 Å². The van der Waals surface area contributed by atoms with E-state index in [0.29, 0.717) is 18.5 Å². The summed E-state index contributed by atoms with van der Waals surface area (Å²) in [5.41, 5.74) is 0.750. The highest BCUT2D eigenvalue weighted by atomic mass is 16.5. The Hall–Kier alpha value is -1.20. The van der Waals surface area contributed by atoms with Gasteiger partial charge in [-0.05, 0) is 20.8 Å². The van der Waals surface area contributed by atoms with Gasteiger partial charge in [-0.2, -0.15) is 0 Å². The van der Waals surface area contributed by atoms with E-state index in [0.717, 1.165) is 17.9 Å². The van der Waals surface area contributed by atoms with Crippen molar-refractivity contribution in [1.82, 2.24) is 9.97 Å². The van der Waals surface area contributed by atoms with Crippen molar-refractivity contribution in [2.45, 2.75) is 33.4 Å². The molecule has 0 aliphatic carbocycles. The number of aromatic nitrogens is 2. The summed E-state index contributed by atoms with van der Waals surface area (Å²) in [4.78, 5) is 10.6. The van der Waals surface area contributed by atoms with Crippen LogP contribution in [0.4, 0.5) is 5.82 Å². The van der Waals surface area contributed by atoms with E-state index < -0.39 is 0 Å². The maximum Gasteiger partial charge on any atom is 0.138 e. The van der Waals surface area contributed by atoms with Crippen LogP contribution < -0.4 is 4.90 Å². The number of aliphatic hydroxyl groups excluding tert-OH is 1. The lowest BCUT2D eigenvalue weighted by Crippen LogP contribution is -2.35. The molecule has 5 nitrogen and oxygen atoms in total. The molecule has 17 heavy (non-hydrogen) atoms. The molecule has 0 aliphatic heterocycles. The standard InChI is InChI=1S/C12H21N3O2/c1-9(2)15(5-6-17-4)12-11(8-16)7-13-10(3)14-12/h7,9,16H,5-6,8H2,1-4H3. The van der Waals surface area contributed by atoms with Crippen molar-refractivity contribution in [3.8, 4) is 0 Å². The fraction of sp³-hybridized carbons (Fsp3) is 0.667. The van der Waals surface area contributed by atoms with Crippen LogP contribution in [0, 0.1) is 6.92 Å². The maximum absolute atomic E-state index is 9.33. The fourth-order valence-electron chi connectivity index (χ4n) is 1.64. The Balaban J connectivity index is 3.02. The molecule has 0 unspecified atom stereocenters. The number of aryl methyl sites for hydroxylation is 1. The van der Waals surface area contributed by atoms with Crippen molar-refractivity contribution in [2.75, 3.05) is 25.2 Å². The summed E-state index contributed by atoms with van der Waals surface area (Å²) in [6.07, 6.45) is 1.68. The Morgan fingerprint density at radius 2 is 2.18 bits per heavy atom. The second-order valence-electron chi connectivity index (χ2n) is 4.20. The Bertz CT molecular complexity index is 356. The summed E-state index contributed by atoms with van der Waals surface area (Å²) < 4.78 is 5.10. The summed E-state index contributed by atoms with van der Waals surface area (Å²) >= 11 is 0. The zero-order valence-electron chi connectivity index (χ0n) is 11.0. The smallest absolute Gasteiger partial charge is 0.138 e. The number of aliphatic hydroxyl groups is 1. The first-order chi connectivity index (χ1) is 8.10. The number of methoxy groups -OCH3 is 1. The summed E-state index contributed by atoms with van der Waals surface area (Å²) in [6.45, 7) is 7.36. The molecule has 1 N–H and O–H groups in total. The van der Waals surface area contributed by atoms with E-state index in [4.69, 9.17) is 4.74 Å². The van der Waals surface area contributed by atoms with Crippen LogP contribution in [0.15, 0.2) is 6.20 Å². The largest absolute Gasteiger partial charge is 0.391 e. The molecule has 1 rings (SSSR count). The average Bonchev–Trinajstić information content (AvgIpc) is 2.29. The Morgan fingerprint density at radius 1 is 1.47 bits per heavy atom. The van der Waals surface area contributed by atoms with E-state index in [1.165, 1.54) is 0 Å². The van der Waals surface area contributed by atoms with E-state index in [1.54, 1.807) is 13.3 Å². The van der Waals surface area contributed by atoms with Crippen molar-refractivity contribution in [1.29, 1.82) is 0 Å². The van der Waals surface area contributed by atoms with Crippen molar-refractivity contribution in [3.63, 3.8) is 0 Å². The van der Waals surface area contributed by atoms with Gasteiger partial charge in [-0.1, -0.05) is 0 Å². The molecule has 1 aromatic heterocycles. The van der Waals surface area contributed by atoms with Gasteiger partial charge in [0.2, 0.25) is 0 Å². The van der Waals surface area contributed by atoms with Crippen LogP contribution >= 0.6 is 0 Å². The van der Waals surface area contributed by atoms with Crippen LogP contribution in [0.1, 0.15) is 25.2 Å². The first kappa shape index (κ1) is 13.9. The van der Waals surface area contributed by atoms with Gasteiger partial charge in [0.1, 0.15) is 11.6 Å². The van der Waals surface area contributed by atoms with Gasteiger partial charge in [0.25, 0.3) is 0 Å². The number of nitrogens with zero attached hydrogens (tertiary/aromatic N) is 3. The third kappa shape index (κ3) is 3.64. The molecule has 0 saturated carbocycles. The maximum atomic E-state index is 9.33. The van der Waals surface area contributed by atoms with Gasteiger partial charge in [0, 0.05) is 31.5 Å². The predicted octanol–water partition coefficient (Wildman–Crippen LogP) is 1.14. The molecule has 0 radical (unpaired) electrons. The first-order valence-electron chi connectivity index (χ1n) is 5.79. The predicted molar refractivity (Wildman–Crippen MR) is 67.0 cm³/mol. The summed E-state index contributed by atoms with van der Waals surface area (Å²) in [6, 6.07) is 0.296. The van der Waals surface area contributed by atoms with Crippen LogP contribution in [0.5, 0.6) is 0 Å². The minimum Gasteiger partial charge on any atom is -0.391 e. The van der Waals surface area contributed by atoms with Gasteiger partial charge in [-0.15, -0.1) is 0 Å². The van der Waals surface area contributed by atoms with E-state index in [1.807, 2.05) is 6.92 Å². The molecular weight excluding hydrogens is 218 g/mol. The number of hydrogen-bond acceptors (Lipinski definition) is 5. The van der Waals surface area contributed by atoms with E-state index >= 15 is 0 Å². The molecule has 0 bridgehead atoms. The van der Waals surface area contributed by atoms with E-state index in [9.17, 15) is 5.11 Å². The second-order valence-corrected chi connectivity index (χ2v) is 4.20. The molecule has 0 saturated heterocycles. The Kier molecular flexibility index (Phi) is 5.31. The topological polar surface area (TPSA) is 58.5 Å². The lowest BCUT2D eigenvalue weighted by atomic mass is 10.2. The first-order valence-corrected chi connectivity index (χ1v) is 5.79. The highest BCUT2D eigenvalue weighted by Gasteiger charge is 2.16. The van der Waals surface area contributed by atoms with E-state index in [2.05, 4.69) is 28.7 Å². The van der Waals surface area contributed by atoms with E-state index in [-0.39, 0.29) is 6.61 Å². The van der Waals surface area contributed by atoms with Crippen molar-refractivity contribution in [2.24, 2.45) is 0 Å². The minimum absolute atomic E-state index is 0.0498. The number of rotatable bonds is 6. The highest BCUT2D eigenvalue weighted by Crippen LogP contribution is 2.19.